The molecule has 0 aromatic carbocycles. The van der Waals surface area contributed by atoms with Crippen LogP contribution in [0.4, 0.5) is 0 Å². The van der Waals surface area contributed by atoms with E-state index < -0.39 is 7.60 Å². The van der Waals surface area contributed by atoms with Crippen molar-refractivity contribution in [1.29, 1.82) is 0 Å². The first-order valence-electron chi connectivity index (χ1n) is 9.21. The topological polar surface area (TPSA) is 57.5 Å². The molecule has 3 unspecified atom stereocenters. The minimum atomic E-state index is -4.08. The van der Waals surface area contributed by atoms with E-state index in [0.29, 0.717) is 23.1 Å². The molecule has 0 aromatic rings. The van der Waals surface area contributed by atoms with Gasteiger partial charge < -0.3 is 9.79 Å². The lowest BCUT2D eigenvalue weighted by molar-refractivity contribution is -0.0181. The Bertz CT molecular complexity index is 631. The van der Waals surface area contributed by atoms with Crippen LogP contribution < -0.4 is 0 Å². The highest BCUT2D eigenvalue weighted by molar-refractivity contribution is 7.56. The molecular weight excluding hydrogens is 307 g/mol. The Kier molecular flexibility index (Phi) is 3.55. The van der Waals surface area contributed by atoms with Crippen molar-refractivity contribution in [3.8, 4) is 0 Å². The van der Waals surface area contributed by atoms with Crippen molar-refractivity contribution in [3.05, 3.63) is 23.0 Å². The summed E-state index contributed by atoms with van der Waals surface area (Å²) in [5.74, 6) is 2.35. The van der Waals surface area contributed by atoms with Crippen LogP contribution in [-0.4, -0.2) is 9.79 Å². The van der Waals surface area contributed by atoms with Crippen LogP contribution in [0.5, 0.6) is 0 Å². The van der Waals surface area contributed by atoms with Crippen molar-refractivity contribution >= 4 is 7.60 Å². The van der Waals surface area contributed by atoms with Crippen LogP contribution in [0, 0.1) is 28.6 Å². The molecule has 0 amide bonds. The fourth-order valence-electron chi connectivity index (χ4n) is 6.53. The van der Waals surface area contributed by atoms with Gasteiger partial charge in [0, 0.05) is 5.31 Å². The van der Waals surface area contributed by atoms with E-state index in [2.05, 4.69) is 19.9 Å². The molecule has 4 rings (SSSR count). The molecule has 0 aromatic heterocycles. The quantitative estimate of drug-likeness (QED) is 0.662. The second-order valence-corrected chi connectivity index (χ2v) is 10.6. The van der Waals surface area contributed by atoms with Crippen molar-refractivity contribution in [3.63, 3.8) is 0 Å². The van der Waals surface area contributed by atoms with Crippen LogP contribution in [0.3, 0.4) is 0 Å². The van der Waals surface area contributed by atoms with E-state index in [1.54, 1.807) is 0 Å². The van der Waals surface area contributed by atoms with Crippen molar-refractivity contribution in [2.45, 2.75) is 65.2 Å². The van der Waals surface area contributed by atoms with Gasteiger partial charge in [-0.2, -0.15) is 0 Å². The van der Waals surface area contributed by atoms with Crippen LogP contribution in [0.15, 0.2) is 23.0 Å². The molecule has 0 aliphatic heterocycles. The van der Waals surface area contributed by atoms with Crippen LogP contribution in [0.2, 0.25) is 0 Å². The van der Waals surface area contributed by atoms with Crippen molar-refractivity contribution < 1.29 is 14.4 Å². The van der Waals surface area contributed by atoms with Crippen LogP contribution >= 0.6 is 7.60 Å². The maximum absolute atomic E-state index is 11.6. The van der Waals surface area contributed by atoms with Gasteiger partial charge in [-0.15, -0.1) is 0 Å². The second-order valence-electron chi connectivity index (χ2n) is 8.95. The summed E-state index contributed by atoms with van der Waals surface area (Å²) in [6.07, 6.45) is 13.6. The van der Waals surface area contributed by atoms with E-state index >= 15 is 0 Å². The van der Waals surface area contributed by atoms with E-state index in [1.807, 2.05) is 6.08 Å². The Morgan fingerprint density at radius 1 is 1.13 bits per heavy atom. The maximum atomic E-state index is 11.6. The second kappa shape index (κ2) is 5.07. The summed E-state index contributed by atoms with van der Waals surface area (Å²) < 4.78 is 11.6. The normalized spacial score (nSPS) is 46.3. The highest BCUT2D eigenvalue weighted by atomic mass is 31.2. The number of rotatable bonds is 1. The van der Waals surface area contributed by atoms with Gasteiger partial charge in [0.25, 0.3) is 0 Å². The third-order valence-corrected chi connectivity index (χ3v) is 9.00. The average molecular weight is 336 g/mol. The molecule has 23 heavy (non-hydrogen) atoms. The number of hydrogen-bond acceptors (Lipinski definition) is 1. The summed E-state index contributed by atoms with van der Waals surface area (Å²) in [5.41, 5.74) is 1.90. The molecule has 4 heteroatoms. The number of allylic oxidation sites excluding steroid dienone is 4. The maximum Gasteiger partial charge on any atom is 0.352 e. The first-order valence-corrected chi connectivity index (χ1v) is 10.8. The molecule has 0 heterocycles. The minimum Gasteiger partial charge on any atom is -0.321 e. The molecule has 0 bridgehead atoms. The molecule has 2 saturated carbocycles. The van der Waals surface area contributed by atoms with Crippen molar-refractivity contribution in [2.24, 2.45) is 28.6 Å². The standard InChI is InChI=1S/C19H29O3P/c1-18-9-3-4-16(18)15-6-5-13-12-14(23(20,21)22)7-11-19(13,2)17(15)8-10-18/h5,12,15-17H,3-4,6-11H2,1-2H3,(H2,20,21,22)/t15?,16?,17?,18-,19-/m0/s1. The molecule has 2 N–H and O–H groups in total. The van der Waals surface area contributed by atoms with Gasteiger partial charge in [-0.25, -0.2) is 0 Å². The zero-order chi connectivity index (χ0) is 16.5. The summed E-state index contributed by atoms with van der Waals surface area (Å²) in [7, 11) is -4.08. The SMILES string of the molecule is C[C@@]12CCCC1C1CC=C3C=C(P(=O)(O)O)CC[C@]3(C)C1CC2. The summed E-state index contributed by atoms with van der Waals surface area (Å²) in [5, 5.41) is 0.348. The first-order chi connectivity index (χ1) is 10.7. The van der Waals surface area contributed by atoms with Gasteiger partial charge >= 0.3 is 7.60 Å². The van der Waals surface area contributed by atoms with E-state index in [1.165, 1.54) is 37.7 Å². The lowest BCUT2D eigenvalue weighted by Crippen LogP contribution is -2.47. The van der Waals surface area contributed by atoms with E-state index in [0.717, 1.165) is 24.7 Å². The molecule has 4 aliphatic rings. The van der Waals surface area contributed by atoms with Gasteiger partial charge in [0.1, 0.15) is 0 Å². The Labute approximate surface area is 139 Å². The summed E-state index contributed by atoms with van der Waals surface area (Å²) in [4.78, 5) is 19.0. The summed E-state index contributed by atoms with van der Waals surface area (Å²) in [6, 6.07) is 0. The molecule has 4 aliphatic carbocycles. The van der Waals surface area contributed by atoms with Gasteiger partial charge in [0.15, 0.2) is 0 Å². The molecule has 5 atom stereocenters. The third-order valence-electron chi connectivity index (χ3n) is 7.90. The summed E-state index contributed by atoms with van der Waals surface area (Å²) >= 11 is 0. The fraction of sp³-hybridized carbons (Fsp3) is 0.789. The van der Waals surface area contributed by atoms with Crippen molar-refractivity contribution in [1.82, 2.24) is 0 Å². The van der Waals surface area contributed by atoms with Crippen molar-refractivity contribution in [2.75, 3.05) is 0 Å². The molecule has 0 saturated heterocycles. The molecule has 0 radical (unpaired) electrons. The zero-order valence-corrected chi connectivity index (χ0v) is 15.2. The lowest BCUT2D eigenvalue weighted by Gasteiger charge is -2.56. The monoisotopic (exact) mass is 336 g/mol. The zero-order valence-electron chi connectivity index (χ0n) is 14.3. The molecular formula is C19H29O3P. The third kappa shape index (κ3) is 2.34. The average Bonchev–Trinajstić information content (AvgIpc) is 2.87. The molecule has 3 nitrogen and oxygen atoms in total. The fourth-order valence-corrected chi connectivity index (χ4v) is 7.24. The Morgan fingerprint density at radius 3 is 2.65 bits per heavy atom. The number of fused-ring (bicyclic) bond motifs is 5. The van der Waals surface area contributed by atoms with Gasteiger partial charge in [-0.05, 0) is 85.2 Å². The van der Waals surface area contributed by atoms with Gasteiger partial charge in [0.05, 0.1) is 0 Å². The highest BCUT2D eigenvalue weighted by Crippen LogP contribution is 2.65. The first kappa shape index (κ1) is 16.1. The van der Waals surface area contributed by atoms with Crippen LogP contribution in [0.1, 0.15) is 65.2 Å². The van der Waals surface area contributed by atoms with E-state index in [9.17, 15) is 14.4 Å². The minimum absolute atomic E-state index is 0.130. The lowest BCUT2D eigenvalue weighted by atomic mass is 9.49. The molecule has 0 spiro atoms. The Hall–Kier alpha value is -0.370. The summed E-state index contributed by atoms with van der Waals surface area (Å²) in [6.45, 7) is 4.87. The van der Waals surface area contributed by atoms with Gasteiger partial charge in [-0.1, -0.05) is 26.3 Å². The highest BCUT2D eigenvalue weighted by Gasteiger charge is 2.55. The Balaban J connectivity index is 1.70. The molecule has 128 valence electrons. The smallest absolute Gasteiger partial charge is 0.321 e. The van der Waals surface area contributed by atoms with Crippen LogP contribution in [0.25, 0.3) is 0 Å². The molecule has 2 fully saturated rings. The largest absolute Gasteiger partial charge is 0.352 e. The number of hydrogen-bond donors (Lipinski definition) is 2. The van der Waals surface area contributed by atoms with Gasteiger partial charge in [0.2, 0.25) is 0 Å². The van der Waals surface area contributed by atoms with Crippen LogP contribution in [-0.2, 0) is 4.57 Å². The predicted molar refractivity (Wildman–Crippen MR) is 91.8 cm³/mol. The Morgan fingerprint density at radius 2 is 1.91 bits per heavy atom. The van der Waals surface area contributed by atoms with Gasteiger partial charge in [-0.3, -0.25) is 4.57 Å². The van der Waals surface area contributed by atoms with E-state index in [4.69, 9.17) is 0 Å². The van der Waals surface area contributed by atoms with E-state index in [-0.39, 0.29) is 5.41 Å². The predicted octanol–water partition coefficient (Wildman–Crippen LogP) is 5.01.